The Labute approximate surface area is 291 Å². The maximum absolute atomic E-state index is 14.7. The first-order valence-corrected chi connectivity index (χ1v) is 17.4. The second kappa shape index (κ2) is 14.0. The topological polar surface area (TPSA) is 102 Å². The number of anilines is 1. The van der Waals surface area contributed by atoms with Gasteiger partial charge in [-0.15, -0.1) is 0 Å². The van der Waals surface area contributed by atoms with Crippen LogP contribution in [0.5, 0.6) is 0 Å². The Morgan fingerprint density at radius 3 is 2.53 bits per heavy atom. The SMILES string of the molecule is CN(C)C[C@H]1Cc2c(Cl)cccc2N(C(=O)[C@@H](Cc2c[nH]c3ccccc23)NC(=O)C2CCN(C(=O)c3nccc4ccccc34)CC2)C1. The molecule has 4 heterocycles. The summed E-state index contributed by atoms with van der Waals surface area (Å²) in [6, 6.07) is 22.5. The van der Waals surface area contributed by atoms with E-state index in [1.165, 1.54) is 0 Å². The molecule has 3 aromatic carbocycles. The molecule has 5 aromatic rings. The summed E-state index contributed by atoms with van der Waals surface area (Å²) in [7, 11) is 4.07. The predicted octanol–water partition coefficient (Wildman–Crippen LogP) is 5.72. The molecule has 0 bridgehead atoms. The zero-order chi connectivity index (χ0) is 34.1. The molecule has 2 aromatic heterocycles. The van der Waals surface area contributed by atoms with Crippen LogP contribution in [-0.2, 0) is 22.4 Å². The van der Waals surface area contributed by atoms with Crippen molar-refractivity contribution in [3.8, 4) is 0 Å². The lowest BCUT2D eigenvalue weighted by atomic mass is 9.90. The van der Waals surface area contributed by atoms with Gasteiger partial charge >= 0.3 is 0 Å². The number of aromatic nitrogens is 2. The van der Waals surface area contributed by atoms with Crippen molar-refractivity contribution in [2.75, 3.05) is 45.2 Å². The summed E-state index contributed by atoms with van der Waals surface area (Å²) in [5.41, 5.74) is 4.14. The Kier molecular flexibility index (Phi) is 9.38. The summed E-state index contributed by atoms with van der Waals surface area (Å²) in [5.74, 6) is -0.582. The Morgan fingerprint density at radius 1 is 0.980 bits per heavy atom. The van der Waals surface area contributed by atoms with Crippen LogP contribution in [0.2, 0.25) is 5.02 Å². The monoisotopic (exact) mass is 676 g/mol. The van der Waals surface area contributed by atoms with Crippen LogP contribution < -0.4 is 10.2 Å². The molecule has 252 valence electrons. The lowest BCUT2D eigenvalue weighted by Crippen LogP contribution is -2.54. The van der Waals surface area contributed by atoms with Crippen molar-refractivity contribution in [1.29, 1.82) is 0 Å². The van der Waals surface area contributed by atoms with Gasteiger partial charge in [0.15, 0.2) is 0 Å². The second-order valence-electron chi connectivity index (χ2n) is 13.6. The minimum atomic E-state index is -0.795. The van der Waals surface area contributed by atoms with Gasteiger partial charge in [-0.2, -0.15) is 0 Å². The van der Waals surface area contributed by atoms with Crippen molar-refractivity contribution >= 4 is 56.7 Å². The number of nitrogens with zero attached hydrogens (tertiary/aromatic N) is 4. The van der Waals surface area contributed by atoms with Crippen LogP contribution in [0.1, 0.15) is 34.5 Å². The van der Waals surface area contributed by atoms with E-state index in [2.05, 4.69) is 20.2 Å². The van der Waals surface area contributed by atoms with E-state index in [4.69, 9.17) is 11.6 Å². The lowest BCUT2D eigenvalue weighted by Gasteiger charge is -2.38. The number of likely N-dealkylation sites (tertiary alicyclic amines) is 1. The number of pyridine rings is 1. The summed E-state index contributed by atoms with van der Waals surface area (Å²) < 4.78 is 0. The van der Waals surface area contributed by atoms with E-state index in [1.54, 1.807) is 11.1 Å². The number of nitrogens with one attached hydrogen (secondary N) is 2. The summed E-state index contributed by atoms with van der Waals surface area (Å²) in [6.45, 7) is 2.22. The van der Waals surface area contributed by atoms with Crippen LogP contribution in [0, 0.1) is 11.8 Å². The highest BCUT2D eigenvalue weighted by Crippen LogP contribution is 2.36. The third-order valence-electron chi connectivity index (χ3n) is 9.95. The number of carbonyl (C=O) groups excluding carboxylic acids is 3. The molecular formula is C39H41ClN6O3. The Hall–Kier alpha value is -4.73. The third kappa shape index (κ3) is 6.78. The van der Waals surface area contributed by atoms with Crippen LogP contribution in [0.25, 0.3) is 21.7 Å². The van der Waals surface area contributed by atoms with Crippen LogP contribution in [0.3, 0.4) is 0 Å². The molecule has 1 fully saturated rings. The van der Waals surface area contributed by atoms with E-state index in [9.17, 15) is 14.4 Å². The number of benzene rings is 3. The van der Waals surface area contributed by atoms with Gasteiger partial charge in [-0.3, -0.25) is 19.4 Å². The van der Waals surface area contributed by atoms with Crippen LogP contribution in [0.15, 0.2) is 85.2 Å². The van der Waals surface area contributed by atoms with Crippen molar-refractivity contribution in [3.05, 3.63) is 107 Å². The van der Waals surface area contributed by atoms with Gasteiger partial charge in [0.05, 0.1) is 0 Å². The number of piperidine rings is 1. The number of carbonyl (C=O) groups is 3. The number of H-pyrrole nitrogens is 1. The number of halogens is 1. The Balaban J connectivity index is 1.11. The number of hydrogen-bond acceptors (Lipinski definition) is 5. The summed E-state index contributed by atoms with van der Waals surface area (Å²) in [6.07, 6.45) is 5.72. The van der Waals surface area contributed by atoms with Crippen molar-refractivity contribution in [2.45, 2.75) is 31.7 Å². The molecule has 1 saturated heterocycles. The van der Waals surface area contributed by atoms with E-state index < -0.39 is 6.04 Å². The first kappa shape index (κ1) is 32.8. The van der Waals surface area contributed by atoms with Crippen molar-refractivity contribution in [3.63, 3.8) is 0 Å². The zero-order valence-electron chi connectivity index (χ0n) is 27.9. The molecule has 0 saturated carbocycles. The van der Waals surface area contributed by atoms with E-state index in [0.29, 0.717) is 49.6 Å². The molecule has 2 aliphatic rings. The molecule has 3 amide bonds. The highest BCUT2D eigenvalue weighted by Gasteiger charge is 2.36. The standard InChI is InChI=1S/C39H41ClN6O3/c1-44(2)23-25-20-31-32(40)11-7-13-35(31)46(24-25)38(48)34(21-28-22-42-33-12-6-5-9-29(28)33)43-37(47)27-15-18-45(19-16-27)39(49)36-30-10-4-3-8-26(30)14-17-41-36/h3-14,17,22,25,27,34,42H,15-16,18-21,23-24H2,1-2H3,(H,43,47)/t25-,34-/m1/s1. The number of amides is 3. The molecule has 10 heteroatoms. The summed E-state index contributed by atoms with van der Waals surface area (Å²) in [4.78, 5) is 55.7. The minimum absolute atomic E-state index is 0.127. The highest BCUT2D eigenvalue weighted by atomic mass is 35.5. The van der Waals surface area contributed by atoms with Gasteiger partial charge in [0.25, 0.3) is 5.91 Å². The van der Waals surface area contributed by atoms with Gasteiger partial charge in [-0.05, 0) is 80.1 Å². The number of rotatable bonds is 8. The molecule has 7 rings (SSSR count). The van der Waals surface area contributed by atoms with Crippen LogP contribution >= 0.6 is 11.6 Å². The smallest absolute Gasteiger partial charge is 0.273 e. The fraction of sp³-hybridized carbons (Fsp3) is 0.333. The molecule has 0 radical (unpaired) electrons. The summed E-state index contributed by atoms with van der Waals surface area (Å²) in [5, 5.41) is 6.64. The predicted molar refractivity (Wildman–Crippen MR) is 194 cm³/mol. The fourth-order valence-electron chi connectivity index (χ4n) is 7.54. The average molecular weight is 677 g/mol. The van der Waals surface area contributed by atoms with Gasteiger partial charge < -0.3 is 25.0 Å². The second-order valence-corrected chi connectivity index (χ2v) is 14.0. The maximum Gasteiger partial charge on any atom is 0.273 e. The quantitative estimate of drug-likeness (QED) is 0.219. The van der Waals surface area contributed by atoms with E-state index in [-0.39, 0.29) is 29.6 Å². The van der Waals surface area contributed by atoms with Crippen molar-refractivity contribution < 1.29 is 14.4 Å². The van der Waals surface area contributed by atoms with Gasteiger partial charge in [0.2, 0.25) is 11.8 Å². The highest BCUT2D eigenvalue weighted by molar-refractivity contribution is 6.32. The zero-order valence-corrected chi connectivity index (χ0v) is 28.6. The van der Waals surface area contributed by atoms with E-state index >= 15 is 0 Å². The largest absolute Gasteiger partial charge is 0.361 e. The van der Waals surface area contributed by atoms with Crippen molar-refractivity contribution in [2.24, 2.45) is 11.8 Å². The van der Waals surface area contributed by atoms with Gasteiger partial charge in [0.1, 0.15) is 11.7 Å². The molecule has 2 N–H and O–H groups in total. The molecule has 0 aliphatic carbocycles. The molecule has 2 atom stereocenters. The van der Waals surface area contributed by atoms with E-state index in [1.807, 2.05) is 98.0 Å². The first-order valence-electron chi connectivity index (χ1n) is 17.0. The number of hydrogen-bond donors (Lipinski definition) is 2. The summed E-state index contributed by atoms with van der Waals surface area (Å²) >= 11 is 6.70. The van der Waals surface area contributed by atoms with Crippen molar-refractivity contribution in [1.82, 2.24) is 25.1 Å². The fourth-order valence-corrected chi connectivity index (χ4v) is 7.79. The third-order valence-corrected chi connectivity index (χ3v) is 10.3. The van der Waals surface area contributed by atoms with Crippen LogP contribution in [-0.4, -0.2) is 83.8 Å². The van der Waals surface area contributed by atoms with Gasteiger partial charge in [0, 0.05) is 77.9 Å². The Morgan fingerprint density at radius 2 is 1.73 bits per heavy atom. The van der Waals surface area contributed by atoms with Crippen LogP contribution in [0.4, 0.5) is 5.69 Å². The first-order chi connectivity index (χ1) is 23.8. The maximum atomic E-state index is 14.7. The normalized spacial score (nSPS) is 17.3. The number of fused-ring (bicyclic) bond motifs is 3. The van der Waals surface area contributed by atoms with Gasteiger partial charge in [-0.25, -0.2) is 0 Å². The lowest BCUT2D eigenvalue weighted by molar-refractivity contribution is -0.131. The van der Waals surface area contributed by atoms with E-state index in [0.717, 1.165) is 51.5 Å². The molecule has 49 heavy (non-hydrogen) atoms. The minimum Gasteiger partial charge on any atom is -0.361 e. The number of aromatic amines is 1. The number of para-hydroxylation sites is 1. The Bertz CT molecular complexity index is 2010. The molecular weight excluding hydrogens is 636 g/mol. The molecule has 0 spiro atoms. The average Bonchev–Trinajstić information content (AvgIpc) is 3.53. The molecule has 2 aliphatic heterocycles. The molecule has 0 unspecified atom stereocenters. The van der Waals surface area contributed by atoms with Gasteiger partial charge in [-0.1, -0.05) is 60.1 Å². The molecule has 9 nitrogen and oxygen atoms in total.